The lowest BCUT2D eigenvalue weighted by atomic mass is 9.99. The van der Waals surface area contributed by atoms with Gasteiger partial charge in [-0.05, 0) is 36.8 Å². The number of nitrogens with zero attached hydrogens (tertiary/aromatic N) is 1. The molecule has 1 aromatic carbocycles. The average Bonchev–Trinajstić information content (AvgIpc) is 3.13. The summed E-state index contributed by atoms with van der Waals surface area (Å²) in [7, 11) is -1.51. The molecular weight excluding hydrogens is 388 g/mol. The van der Waals surface area contributed by atoms with E-state index in [2.05, 4.69) is 51.9 Å². The van der Waals surface area contributed by atoms with Crippen molar-refractivity contribution in [3.05, 3.63) is 35.5 Å². The average molecular weight is 421 g/mol. The molecule has 3 N–H and O–H groups in total. The second kappa shape index (κ2) is 9.17. The maximum atomic E-state index is 12.4. The molecule has 0 saturated carbocycles. The fourth-order valence-corrected chi connectivity index (χ4v) is 5.22. The molecule has 0 bridgehead atoms. The van der Waals surface area contributed by atoms with E-state index in [4.69, 9.17) is 4.74 Å². The number of para-hydroxylation sites is 1. The van der Waals surface area contributed by atoms with Crippen LogP contribution in [0.5, 0.6) is 0 Å². The Morgan fingerprint density at radius 1 is 1.24 bits per heavy atom. The van der Waals surface area contributed by atoms with Crippen LogP contribution >= 0.6 is 0 Å². The number of sulfone groups is 1. The fraction of sp³-hybridized carbons (Fsp3) is 0.571. The van der Waals surface area contributed by atoms with Crippen molar-refractivity contribution in [2.24, 2.45) is 4.99 Å². The molecule has 0 atom stereocenters. The second-order valence-corrected chi connectivity index (χ2v) is 10.1. The van der Waals surface area contributed by atoms with E-state index < -0.39 is 14.6 Å². The van der Waals surface area contributed by atoms with Gasteiger partial charge in [0.2, 0.25) is 0 Å². The minimum Gasteiger partial charge on any atom is -0.381 e. The predicted molar refractivity (Wildman–Crippen MR) is 118 cm³/mol. The van der Waals surface area contributed by atoms with E-state index in [0.717, 1.165) is 12.8 Å². The first-order chi connectivity index (χ1) is 13.9. The van der Waals surface area contributed by atoms with Crippen LogP contribution in [0.1, 0.15) is 30.9 Å². The van der Waals surface area contributed by atoms with Gasteiger partial charge in [-0.1, -0.05) is 25.1 Å². The minimum atomic E-state index is -3.21. The van der Waals surface area contributed by atoms with Crippen molar-refractivity contribution in [3.8, 4) is 0 Å². The molecule has 8 heteroatoms. The third kappa shape index (κ3) is 4.75. The molecule has 3 rings (SSSR count). The number of rotatable bonds is 7. The second-order valence-electron chi connectivity index (χ2n) is 7.68. The number of aromatic amines is 1. The quantitative estimate of drug-likeness (QED) is 0.471. The van der Waals surface area contributed by atoms with Gasteiger partial charge in [0, 0.05) is 56.7 Å². The van der Waals surface area contributed by atoms with Gasteiger partial charge < -0.3 is 20.4 Å². The monoisotopic (exact) mass is 420 g/mol. The smallest absolute Gasteiger partial charge is 0.191 e. The molecule has 2 heterocycles. The molecule has 0 spiro atoms. The summed E-state index contributed by atoms with van der Waals surface area (Å²) < 4.78 is 29.4. The largest absolute Gasteiger partial charge is 0.381 e. The summed E-state index contributed by atoms with van der Waals surface area (Å²) in [5.41, 5.74) is 3.79. The Morgan fingerprint density at radius 3 is 2.66 bits per heavy atom. The van der Waals surface area contributed by atoms with E-state index in [9.17, 15) is 8.42 Å². The number of nitrogens with one attached hydrogen (secondary N) is 3. The Morgan fingerprint density at radius 2 is 2.00 bits per heavy atom. The van der Waals surface area contributed by atoms with E-state index in [1.54, 1.807) is 7.05 Å². The molecule has 0 aliphatic carbocycles. The summed E-state index contributed by atoms with van der Waals surface area (Å²) in [4.78, 5) is 7.65. The van der Waals surface area contributed by atoms with Gasteiger partial charge in [-0.2, -0.15) is 0 Å². The van der Waals surface area contributed by atoms with Crippen LogP contribution in [0.4, 0.5) is 0 Å². The maximum absolute atomic E-state index is 12.4. The molecule has 1 fully saturated rings. The maximum Gasteiger partial charge on any atom is 0.191 e. The molecule has 160 valence electrons. The van der Waals surface area contributed by atoms with Crippen molar-refractivity contribution in [3.63, 3.8) is 0 Å². The van der Waals surface area contributed by atoms with Crippen LogP contribution in [0.3, 0.4) is 0 Å². The lowest BCUT2D eigenvalue weighted by Gasteiger charge is -2.35. The summed E-state index contributed by atoms with van der Waals surface area (Å²) in [6.07, 6.45) is 6.24. The van der Waals surface area contributed by atoms with Crippen molar-refractivity contribution in [2.45, 2.75) is 37.4 Å². The number of hydrogen-bond acceptors (Lipinski definition) is 4. The highest BCUT2D eigenvalue weighted by Gasteiger charge is 2.42. The molecule has 0 radical (unpaired) electrons. The molecule has 7 nitrogen and oxygen atoms in total. The molecule has 1 aliphatic heterocycles. The van der Waals surface area contributed by atoms with Gasteiger partial charge in [0.25, 0.3) is 0 Å². The zero-order valence-corrected chi connectivity index (χ0v) is 18.4. The highest BCUT2D eigenvalue weighted by atomic mass is 32.2. The van der Waals surface area contributed by atoms with Gasteiger partial charge in [0.15, 0.2) is 15.8 Å². The van der Waals surface area contributed by atoms with Crippen LogP contribution in [-0.2, 0) is 27.4 Å². The summed E-state index contributed by atoms with van der Waals surface area (Å²) in [5, 5.41) is 7.78. The zero-order valence-electron chi connectivity index (χ0n) is 17.5. The van der Waals surface area contributed by atoms with Gasteiger partial charge in [-0.25, -0.2) is 8.42 Å². The van der Waals surface area contributed by atoms with Crippen molar-refractivity contribution >= 4 is 26.7 Å². The van der Waals surface area contributed by atoms with Gasteiger partial charge in [-0.15, -0.1) is 0 Å². The summed E-state index contributed by atoms with van der Waals surface area (Å²) in [6.45, 7) is 4.15. The molecule has 1 aliphatic rings. The first-order valence-electron chi connectivity index (χ1n) is 10.2. The van der Waals surface area contributed by atoms with Crippen LogP contribution in [0.15, 0.2) is 29.4 Å². The number of fused-ring (bicyclic) bond motifs is 1. The number of hydrogen-bond donors (Lipinski definition) is 3. The summed E-state index contributed by atoms with van der Waals surface area (Å²) in [5.74, 6) is 0.619. The van der Waals surface area contributed by atoms with Crippen LogP contribution in [-0.4, -0.2) is 63.7 Å². The van der Waals surface area contributed by atoms with Crippen molar-refractivity contribution < 1.29 is 13.2 Å². The van der Waals surface area contributed by atoms with Gasteiger partial charge >= 0.3 is 0 Å². The zero-order chi connectivity index (χ0) is 20.9. The number of benzene rings is 1. The molecule has 1 aromatic heterocycles. The number of aliphatic imine (C=N–C) groups is 1. The number of aryl methyl sites for hydroxylation is 1. The lowest BCUT2D eigenvalue weighted by molar-refractivity contribution is 0.0756. The van der Waals surface area contributed by atoms with Crippen molar-refractivity contribution in [2.75, 3.05) is 39.6 Å². The van der Waals surface area contributed by atoms with E-state index in [1.807, 2.05) is 0 Å². The highest BCUT2D eigenvalue weighted by Crippen LogP contribution is 2.28. The topological polar surface area (TPSA) is 95.6 Å². The number of aromatic nitrogens is 1. The van der Waals surface area contributed by atoms with Crippen LogP contribution in [0.2, 0.25) is 0 Å². The fourth-order valence-electron chi connectivity index (χ4n) is 3.98. The molecule has 0 amide bonds. The highest BCUT2D eigenvalue weighted by molar-refractivity contribution is 7.92. The number of guanidine groups is 1. The Hall–Kier alpha value is -2.06. The molecule has 1 saturated heterocycles. The van der Waals surface area contributed by atoms with Gasteiger partial charge in [0.1, 0.15) is 0 Å². The molecule has 0 unspecified atom stereocenters. The number of ether oxygens (including phenoxy) is 1. The SMILES string of the molecule is CCc1cccc2c(CCNC(=NC)NCC3(S(C)(=O)=O)CCOCC3)c[nH]c12. The first kappa shape index (κ1) is 21.6. The van der Waals surface area contributed by atoms with E-state index >= 15 is 0 Å². The Balaban J connectivity index is 1.59. The minimum absolute atomic E-state index is 0.335. The Bertz CT molecular complexity index is 959. The normalized spacial score (nSPS) is 17.4. The predicted octanol–water partition coefficient (Wildman–Crippen LogP) is 2.03. The third-order valence-electron chi connectivity index (χ3n) is 5.95. The molecular formula is C21H32N4O3S. The Labute approximate surface area is 173 Å². The first-order valence-corrected chi connectivity index (χ1v) is 12.1. The summed E-state index contributed by atoms with van der Waals surface area (Å²) >= 11 is 0. The van der Waals surface area contributed by atoms with E-state index in [-0.39, 0.29) is 0 Å². The van der Waals surface area contributed by atoms with Gasteiger partial charge in [0.05, 0.1) is 4.75 Å². The molecule has 2 aromatic rings. The molecule has 29 heavy (non-hydrogen) atoms. The van der Waals surface area contributed by atoms with E-state index in [1.165, 1.54) is 28.3 Å². The van der Waals surface area contributed by atoms with E-state index in [0.29, 0.717) is 45.1 Å². The standard InChI is InChI=1S/C21H32N4O3S/c1-4-16-6-5-7-18-17(14-24-19(16)18)8-11-23-20(22-2)25-15-21(29(3,26)27)9-12-28-13-10-21/h5-7,14,24H,4,8-13,15H2,1-3H3,(H2,22,23,25). The number of H-pyrrole nitrogens is 1. The van der Waals surface area contributed by atoms with Gasteiger partial charge in [-0.3, -0.25) is 4.99 Å². The Kier molecular flexibility index (Phi) is 6.85. The van der Waals surface area contributed by atoms with Crippen LogP contribution in [0, 0.1) is 0 Å². The van der Waals surface area contributed by atoms with Crippen molar-refractivity contribution in [1.82, 2.24) is 15.6 Å². The van der Waals surface area contributed by atoms with Crippen molar-refractivity contribution in [1.29, 1.82) is 0 Å². The third-order valence-corrected chi connectivity index (χ3v) is 8.07. The van der Waals surface area contributed by atoms with Crippen LogP contribution in [0.25, 0.3) is 10.9 Å². The lowest BCUT2D eigenvalue weighted by Crippen LogP contribution is -2.53. The summed E-state index contributed by atoms with van der Waals surface area (Å²) in [6, 6.07) is 6.40. The van der Waals surface area contributed by atoms with Crippen LogP contribution < -0.4 is 10.6 Å².